The molecule has 5 nitrogen and oxygen atoms in total. The molecule has 6 heteroatoms. The van der Waals surface area contributed by atoms with Gasteiger partial charge in [-0.15, -0.1) is 0 Å². The summed E-state index contributed by atoms with van der Waals surface area (Å²) in [5.41, 5.74) is 2.99. The average molecular weight is 473 g/mol. The van der Waals surface area contributed by atoms with Gasteiger partial charge < -0.3 is 14.5 Å². The molecule has 5 rings (SSSR count). The lowest BCUT2D eigenvalue weighted by Crippen LogP contribution is -2.49. The molecule has 2 atom stereocenters. The van der Waals surface area contributed by atoms with Crippen LogP contribution in [0.5, 0.6) is 5.75 Å². The van der Waals surface area contributed by atoms with Crippen LogP contribution in [-0.4, -0.2) is 41.8 Å². The lowest BCUT2D eigenvalue weighted by atomic mass is 9.78. The number of carbonyl (C=O) groups is 2. The van der Waals surface area contributed by atoms with Gasteiger partial charge in [-0.25, -0.2) is 4.39 Å². The molecule has 1 fully saturated rings. The molecule has 2 heterocycles. The number of carbonyl (C=O) groups excluding carboxylic acids is 2. The van der Waals surface area contributed by atoms with E-state index in [-0.39, 0.29) is 24.2 Å². The maximum absolute atomic E-state index is 14.1. The van der Waals surface area contributed by atoms with Gasteiger partial charge in [0.15, 0.2) is 0 Å². The van der Waals surface area contributed by atoms with Crippen molar-refractivity contribution in [3.05, 3.63) is 101 Å². The zero-order valence-electron chi connectivity index (χ0n) is 19.8. The number of halogens is 1. The smallest absolute Gasteiger partial charge is 0.255 e. The first-order valence-corrected chi connectivity index (χ1v) is 12.1. The molecule has 0 aromatic heterocycles. The first kappa shape index (κ1) is 23.1. The maximum atomic E-state index is 14.1. The second-order valence-corrected chi connectivity index (χ2v) is 9.23. The van der Waals surface area contributed by atoms with Crippen molar-refractivity contribution in [3.63, 3.8) is 0 Å². The van der Waals surface area contributed by atoms with Crippen LogP contribution >= 0.6 is 0 Å². The van der Waals surface area contributed by atoms with Gasteiger partial charge in [0, 0.05) is 25.2 Å². The van der Waals surface area contributed by atoms with Gasteiger partial charge in [-0.2, -0.15) is 0 Å². The van der Waals surface area contributed by atoms with Crippen molar-refractivity contribution in [1.82, 2.24) is 9.80 Å². The normalized spacial score (nSPS) is 19.9. The molecule has 0 radical (unpaired) electrons. The molecule has 0 unspecified atom stereocenters. The Hall–Kier alpha value is -3.67. The molecular formula is C29H29FN2O3. The van der Waals surface area contributed by atoms with E-state index in [1.54, 1.807) is 30.2 Å². The fourth-order valence-electron chi connectivity index (χ4n) is 5.30. The van der Waals surface area contributed by atoms with Crippen LogP contribution in [0, 0.1) is 5.82 Å². The Morgan fingerprint density at radius 2 is 1.63 bits per heavy atom. The van der Waals surface area contributed by atoms with Gasteiger partial charge in [-0.05, 0) is 66.3 Å². The van der Waals surface area contributed by atoms with Gasteiger partial charge in [0.25, 0.3) is 5.91 Å². The summed E-state index contributed by atoms with van der Waals surface area (Å²) < 4.78 is 18.9. The summed E-state index contributed by atoms with van der Waals surface area (Å²) >= 11 is 0. The molecule has 0 saturated carbocycles. The van der Waals surface area contributed by atoms with Gasteiger partial charge in [0.2, 0.25) is 5.91 Å². The van der Waals surface area contributed by atoms with Crippen molar-refractivity contribution in [1.29, 1.82) is 0 Å². The summed E-state index contributed by atoms with van der Waals surface area (Å²) in [6.45, 7) is 1.74. The lowest BCUT2D eigenvalue weighted by molar-refractivity contribution is -0.135. The summed E-state index contributed by atoms with van der Waals surface area (Å²) in [6, 6.07) is 20.7. The number of benzene rings is 3. The standard InChI is InChI=1S/C29H29FN2O3/c1-35-23-15-11-21(12-16-23)27-26(29(34)31-17-5-2-6-18-31)24-7-3-4-8-25(24)28(33)32(27)19-20-9-13-22(30)14-10-20/h3-4,7-16,26-27H,2,5-6,17-19H2,1H3/t26-,27-/m0/s1. The first-order chi connectivity index (χ1) is 17.1. The van der Waals surface area contributed by atoms with Crippen LogP contribution in [0.15, 0.2) is 72.8 Å². The zero-order chi connectivity index (χ0) is 24.4. The van der Waals surface area contributed by atoms with Crippen LogP contribution < -0.4 is 4.74 Å². The number of ether oxygens (including phenoxy) is 1. The highest BCUT2D eigenvalue weighted by atomic mass is 19.1. The maximum Gasteiger partial charge on any atom is 0.255 e. The summed E-state index contributed by atoms with van der Waals surface area (Å²) in [5, 5.41) is 0. The van der Waals surface area contributed by atoms with Crippen molar-refractivity contribution in [2.45, 2.75) is 37.8 Å². The van der Waals surface area contributed by atoms with Gasteiger partial charge in [-0.3, -0.25) is 9.59 Å². The minimum absolute atomic E-state index is 0.0505. The monoisotopic (exact) mass is 472 g/mol. The predicted octanol–water partition coefficient (Wildman–Crippen LogP) is 5.33. The van der Waals surface area contributed by atoms with Crippen LogP contribution in [0.2, 0.25) is 0 Å². The predicted molar refractivity (Wildman–Crippen MR) is 132 cm³/mol. The van der Waals surface area contributed by atoms with Crippen LogP contribution in [0.4, 0.5) is 4.39 Å². The molecule has 35 heavy (non-hydrogen) atoms. The number of methoxy groups -OCH3 is 1. The molecule has 2 amide bonds. The van der Waals surface area contributed by atoms with Crippen LogP contribution in [0.3, 0.4) is 0 Å². The van der Waals surface area contributed by atoms with Gasteiger partial charge >= 0.3 is 0 Å². The van der Waals surface area contributed by atoms with Crippen LogP contribution in [-0.2, 0) is 11.3 Å². The number of fused-ring (bicyclic) bond motifs is 1. The van der Waals surface area contributed by atoms with Gasteiger partial charge in [0.05, 0.1) is 19.1 Å². The molecule has 0 bridgehead atoms. The molecular weight excluding hydrogens is 443 g/mol. The minimum atomic E-state index is -0.532. The first-order valence-electron chi connectivity index (χ1n) is 12.1. The molecule has 1 saturated heterocycles. The molecule has 3 aromatic rings. The molecule has 2 aliphatic heterocycles. The van der Waals surface area contributed by atoms with Crippen LogP contribution in [0.1, 0.15) is 58.3 Å². The van der Waals surface area contributed by atoms with Crippen molar-refractivity contribution in [3.8, 4) is 5.75 Å². The highest BCUT2D eigenvalue weighted by Crippen LogP contribution is 2.45. The fraction of sp³-hybridized carbons (Fsp3) is 0.310. The lowest BCUT2D eigenvalue weighted by Gasteiger charge is -2.44. The number of amides is 2. The van der Waals surface area contributed by atoms with E-state index in [0.717, 1.165) is 49.0 Å². The number of hydrogen-bond acceptors (Lipinski definition) is 3. The Labute approximate surface area is 205 Å². The number of piperidine rings is 1. The molecule has 180 valence electrons. The van der Waals surface area contributed by atoms with Gasteiger partial charge in [-0.1, -0.05) is 42.5 Å². The number of nitrogens with zero attached hydrogens (tertiary/aromatic N) is 2. The van der Waals surface area contributed by atoms with E-state index in [2.05, 4.69) is 0 Å². The van der Waals surface area contributed by atoms with Crippen molar-refractivity contribution in [2.75, 3.05) is 20.2 Å². The number of hydrogen-bond donors (Lipinski definition) is 0. The molecule has 2 aliphatic rings. The zero-order valence-corrected chi connectivity index (χ0v) is 19.8. The van der Waals surface area contributed by atoms with E-state index in [9.17, 15) is 14.0 Å². The summed E-state index contributed by atoms with van der Waals surface area (Å²) in [5.74, 6) is -0.229. The van der Waals surface area contributed by atoms with Crippen molar-refractivity contribution in [2.24, 2.45) is 0 Å². The molecule has 0 aliphatic carbocycles. The Bertz CT molecular complexity index is 1200. The Balaban J connectivity index is 1.64. The largest absolute Gasteiger partial charge is 0.497 e. The third-order valence-electron chi connectivity index (χ3n) is 7.10. The summed E-state index contributed by atoms with van der Waals surface area (Å²) in [6.07, 6.45) is 3.11. The number of likely N-dealkylation sites (tertiary alicyclic amines) is 1. The third kappa shape index (κ3) is 4.53. The van der Waals surface area contributed by atoms with Crippen LogP contribution in [0.25, 0.3) is 0 Å². The highest BCUT2D eigenvalue weighted by molar-refractivity contribution is 6.01. The third-order valence-corrected chi connectivity index (χ3v) is 7.10. The second-order valence-electron chi connectivity index (χ2n) is 9.23. The minimum Gasteiger partial charge on any atom is -0.497 e. The topological polar surface area (TPSA) is 49.9 Å². The highest BCUT2D eigenvalue weighted by Gasteiger charge is 2.45. The van der Waals surface area contributed by atoms with E-state index in [1.807, 2.05) is 47.4 Å². The fourth-order valence-corrected chi connectivity index (χ4v) is 5.30. The molecule has 0 N–H and O–H groups in total. The summed E-state index contributed by atoms with van der Waals surface area (Å²) in [7, 11) is 1.61. The van der Waals surface area contributed by atoms with Crippen molar-refractivity contribution < 1.29 is 18.7 Å². The molecule has 0 spiro atoms. The number of rotatable bonds is 5. The van der Waals surface area contributed by atoms with Crippen molar-refractivity contribution >= 4 is 11.8 Å². The van der Waals surface area contributed by atoms with E-state index in [0.29, 0.717) is 11.3 Å². The quantitative estimate of drug-likeness (QED) is 0.505. The Kier molecular flexibility index (Phi) is 6.53. The second kappa shape index (κ2) is 9.90. The molecule has 3 aromatic carbocycles. The Morgan fingerprint density at radius 1 is 0.943 bits per heavy atom. The van der Waals surface area contributed by atoms with E-state index < -0.39 is 12.0 Å². The average Bonchev–Trinajstić information content (AvgIpc) is 2.91. The van der Waals surface area contributed by atoms with E-state index >= 15 is 0 Å². The van der Waals surface area contributed by atoms with E-state index in [4.69, 9.17) is 4.74 Å². The van der Waals surface area contributed by atoms with E-state index in [1.165, 1.54) is 12.1 Å². The van der Waals surface area contributed by atoms with Gasteiger partial charge in [0.1, 0.15) is 11.6 Å². The summed E-state index contributed by atoms with van der Waals surface area (Å²) in [4.78, 5) is 31.6. The Morgan fingerprint density at radius 3 is 2.31 bits per heavy atom. The SMILES string of the molecule is COc1ccc([C@H]2[C@@H](C(=O)N3CCCCC3)c3ccccc3C(=O)N2Cc2ccc(F)cc2)cc1.